The average molecular weight is 355 g/mol. The van der Waals surface area contributed by atoms with Gasteiger partial charge in [0, 0.05) is 38.5 Å². The number of likely N-dealkylation sites (tertiary alicyclic amines) is 1. The van der Waals surface area contributed by atoms with Crippen LogP contribution in [0.25, 0.3) is 11.1 Å². The monoisotopic (exact) mass is 355 g/mol. The van der Waals surface area contributed by atoms with Crippen molar-refractivity contribution < 1.29 is 14.3 Å². The van der Waals surface area contributed by atoms with Gasteiger partial charge in [-0.3, -0.25) is 4.79 Å². The molecule has 0 spiro atoms. The first kappa shape index (κ1) is 16.7. The Morgan fingerprint density at radius 1 is 1.38 bits per heavy atom. The quantitative estimate of drug-likeness (QED) is 0.769. The number of carbonyl (C=O) groups is 1. The lowest BCUT2D eigenvalue weighted by molar-refractivity contribution is 0.0703. The molecule has 8 heteroatoms. The van der Waals surface area contributed by atoms with Crippen LogP contribution in [0.5, 0.6) is 0 Å². The van der Waals surface area contributed by atoms with Gasteiger partial charge in [-0.1, -0.05) is 0 Å². The Kier molecular flexibility index (Phi) is 4.20. The molecule has 0 aliphatic carbocycles. The van der Waals surface area contributed by atoms with E-state index in [1.165, 1.54) is 0 Å². The van der Waals surface area contributed by atoms with Crippen molar-refractivity contribution in [3.63, 3.8) is 0 Å². The van der Waals surface area contributed by atoms with Crippen LogP contribution in [-0.2, 0) is 13.7 Å². The largest absolute Gasteiger partial charge is 0.441 e. The van der Waals surface area contributed by atoms with Gasteiger partial charge in [-0.15, -0.1) is 10.2 Å². The van der Waals surface area contributed by atoms with Crippen LogP contribution < -0.4 is 0 Å². The predicted octanol–water partition coefficient (Wildman–Crippen LogP) is 1.78. The van der Waals surface area contributed by atoms with Crippen molar-refractivity contribution in [1.82, 2.24) is 24.6 Å². The van der Waals surface area contributed by atoms with E-state index in [-0.39, 0.29) is 18.4 Å². The van der Waals surface area contributed by atoms with E-state index in [0.29, 0.717) is 36.0 Å². The molecule has 1 saturated heterocycles. The smallest absolute Gasteiger partial charge is 0.254 e. The van der Waals surface area contributed by atoms with E-state index in [1.807, 2.05) is 22.6 Å². The molecule has 0 radical (unpaired) electrons. The van der Waals surface area contributed by atoms with E-state index in [0.717, 1.165) is 24.2 Å². The second kappa shape index (κ2) is 6.53. The van der Waals surface area contributed by atoms with Gasteiger partial charge in [-0.2, -0.15) is 0 Å². The molecule has 0 bridgehead atoms. The molecule has 1 N–H and O–H groups in total. The van der Waals surface area contributed by atoms with Crippen LogP contribution in [0, 0.1) is 6.92 Å². The van der Waals surface area contributed by atoms with Crippen LogP contribution in [0.4, 0.5) is 0 Å². The highest BCUT2D eigenvalue weighted by Gasteiger charge is 2.29. The molecule has 1 aromatic carbocycles. The first-order chi connectivity index (χ1) is 12.6. The van der Waals surface area contributed by atoms with E-state index < -0.39 is 0 Å². The van der Waals surface area contributed by atoms with Crippen molar-refractivity contribution in [2.75, 3.05) is 13.1 Å². The number of aromatic nitrogens is 4. The van der Waals surface area contributed by atoms with Gasteiger partial charge in [-0.25, -0.2) is 4.98 Å². The highest BCUT2D eigenvalue weighted by Crippen LogP contribution is 2.27. The van der Waals surface area contributed by atoms with Gasteiger partial charge in [0.25, 0.3) is 5.91 Å². The van der Waals surface area contributed by atoms with Crippen molar-refractivity contribution in [3.8, 4) is 0 Å². The molecule has 1 aliphatic rings. The first-order valence-electron chi connectivity index (χ1n) is 8.72. The molecule has 2 aromatic heterocycles. The highest BCUT2D eigenvalue weighted by molar-refractivity contribution is 5.97. The first-order valence-corrected chi connectivity index (χ1v) is 8.72. The summed E-state index contributed by atoms with van der Waals surface area (Å²) in [6.45, 7) is 2.95. The lowest BCUT2D eigenvalue weighted by Gasteiger charge is -2.32. The Balaban J connectivity index is 1.56. The van der Waals surface area contributed by atoms with Crippen LogP contribution in [0.3, 0.4) is 0 Å². The molecule has 1 amide bonds. The number of aliphatic hydroxyl groups is 1. The van der Waals surface area contributed by atoms with Crippen molar-refractivity contribution in [2.45, 2.75) is 32.3 Å². The van der Waals surface area contributed by atoms with Gasteiger partial charge in [0.1, 0.15) is 17.9 Å². The molecule has 26 heavy (non-hydrogen) atoms. The molecule has 3 heterocycles. The topological polar surface area (TPSA) is 97.3 Å². The van der Waals surface area contributed by atoms with Crippen LogP contribution in [0.2, 0.25) is 0 Å². The number of amides is 1. The number of aliphatic hydroxyl groups excluding tert-OH is 1. The second-order valence-corrected chi connectivity index (χ2v) is 6.70. The van der Waals surface area contributed by atoms with Crippen molar-refractivity contribution >= 4 is 17.0 Å². The Morgan fingerprint density at radius 2 is 2.23 bits per heavy atom. The number of carbonyl (C=O) groups excluding carboxylic acids is 1. The molecule has 8 nitrogen and oxygen atoms in total. The number of hydrogen-bond donors (Lipinski definition) is 1. The summed E-state index contributed by atoms with van der Waals surface area (Å²) >= 11 is 0. The summed E-state index contributed by atoms with van der Waals surface area (Å²) in [6.07, 6.45) is 1.85. The number of nitrogens with zero attached hydrogens (tertiary/aromatic N) is 5. The van der Waals surface area contributed by atoms with Crippen LogP contribution in [-0.4, -0.2) is 48.8 Å². The zero-order chi connectivity index (χ0) is 18.3. The zero-order valence-corrected chi connectivity index (χ0v) is 14.8. The van der Waals surface area contributed by atoms with Crippen LogP contribution in [0.1, 0.15) is 46.7 Å². The maximum Gasteiger partial charge on any atom is 0.254 e. The maximum absolute atomic E-state index is 13.0. The van der Waals surface area contributed by atoms with Crippen molar-refractivity contribution in [2.24, 2.45) is 7.05 Å². The molecule has 0 saturated carbocycles. The number of aryl methyl sites for hydroxylation is 1. The number of hydrogen-bond acceptors (Lipinski definition) is 6. The number of piperidine rings is 1. The fourth-order valence-electron chi connectivity index (χ4n) is 3.60. The summed E-state index contributed by atoms with van der Waals surface area (Å²) < 4.78 is 7.36. The van der Waals surface area contributed by atoms with Gasteiger partial charge in [0.05, 0.1) is 0 Å². The minimum atomic E-state index is -0.143. The molecular formula is C18H21N5O3. The van der Waals surface area contributed by atoms with E-state index in [1.54, 1.807) is 19.1 Å². The summed E-state index contributed by atoms with van der Waals surface area (Å²) in [7, 11) is 1.85. The number of fused-ring (bicyclic) bond motifs is 1. The zero-order valence-electron chi connectivity index (χ0n) is 14.8. The molecule has 1 atom stereocenters. The predicted molar refractivity (Wildman–Crippen MR) is 93.6 cm³/mol. The minimum absolute atomic E-state index is 0.0183. The molecular weight excluding hydrogens is 334 g/mol. The summed E-state index contributed by atoms with van der Waals surface area (Å²) in [5.74, 6) is 2.03. The third-order valence-corrected chi connectivity index (χ3v) is 4.96. The molecule has 3 aromatic rings. The molecule has 1 unspecified atom stereocenters. The lowest BCUT2D eigenvalue weighted by Crippen LogP contribution is -2.39. The third-order valence-electron chi connectivity index (χ3n) is 4.96. The molecule has 1 aliphatic heterocycles. The Hall–Kier alpha value is -2.74. The fourth-order valence-corrected chi connectivity index (χ4v) is 3.60. The normalized spacial score (nSPS) is 17.8. The standard InChI is InChI=1S/C18H21N5O3/c1-11-19-14-6-5-12(8-15(14)26-11)18(25)23-7-3-4-13(9-23)17-21-20-16(10-24)22(17)2/h5-6,8,13,24H,3-4,7,9-10H2,1-2H3. The Bertz CT molecular complexity index is 961. The van der Waals surface area contributed by atoms with E-state index >= 15 is 0 Å². The van der Waals surface area contributed by atoms with E-state index in [4.69, 9.17) is 4.42 Å². The number of oxazole rings is 1. The highest BCUT2D eigenvalue weighted by atomic mass is 16.3. The average Bonchev–Trinajstić information content (AvgIpc) is 3.21. The lowest BCUT2D eigenvalue weighted by atomic mass is 9.96. The van der Waals surface area contributed by atoms with E-state index in [9.17, 15) is 9.90 Å². The summed E-state index contributed by atoms with van der Waals surface area (Å²) in [4.78, 5) is 19.1. The second-order valence-electron chi connectivity index (χ2n) is 6.70. The van der Waals surface area contributed by atoms with Gasteiger partial charge in [0.2, 0.25) is 0 Å². The third kappa shape index (κ3) is 2.86. The fraction of sp³-hybridized carbons (Fsp3) is 0.444. The van der Waals surface area contributed by atoms with Gasteiger partial charge >= 0.3 is 0 Å². The molecule has 136 valence electrons. The van der Waals surface area contributed by atoms with Crippen molar-refractivity contribution in [1.29, 1.82) is 0 Å². The summed E-state index contributed by atoms with van der Waals surface area (Å²) in [6, 6.07) is 5.37. The maximum atomic E-state index is 13.0. The number of benzene rings is 1. The van der Waals surface area contributed by atoms with Crippen LogP contribution in [0.15, 0.2) is 22.6 Å². The van der Waals surface area contributed by atoms with Crippen LogP contribution >= 0.6 is 0 Å². The molecule has 1 fully saturated rings. The minimum Gasteiger partial charge on any atom is -0.441 e. The summed E-state index contributed by atoms with van der Waals surface area (Å²) in [5.41, 5.74) is 1.98. The number of rotatable bonds is 3. The van der Waals surface area contributed by atoms with Gasteiger partial charge in [0.15, 0.2) is 17.3 Å². The SMILES string of the molecule is Cc1nc2ccc(C(=O)N3CCCC(c4nnc(CO)n4C)C3)cc2o1. The molecule has 4 rings (SSSR count). The van der Waals surface area contributed by atoms with E-state index in [2.05, 4.69) is 15.2 Å². The van der Waals surface area contributed by atoms with Crippen molar-refractivity contribution in [3.05, 3.63) is 41.3 Å². The van der Waals surface area contributed by atoms with Gasteiger partial charge < -0.3 is 19.0 Å². The van der Waals surface area contributed by atoms with Gasteiger partial charge in [-0.05, 0) is 31.0 Å². The Labute approximate surface area is 150 Å². The summed E-state index contributed by atoms with van der Waals surface area (Å²) in [5, 5.41) is 17.5. The Morgan fingerprint density at radius 3 is 3.00 bits per heavy atom.